The Morgan fingerprint density at radius 1 is 1.12 bits per heavy atom. The number of aromatic nitrogens is 2. The van der Waals surface area contributed by atoms with Crippen LogP contribution < -0.4 is 10.1 Å². The number of aromatic amines is 1. The minimum absolute atomic E-state index is 0.276. The lowest BCUT2D eigenvalue weighted by atomic mass is 10.2. The Bertz CT molecular complexity index is 1280. The van der Waals surface area contributed by atoms with Gasteiger partial charge in [-0.25, -0.2) is 9.38 Å². The van der Waals surface area contributed by atoms with Crippen molar-refractivity contribution in [3.8, 4) is 11.8 Å². The largest absolute Gasteiger partial charge is 0.489 e. The van der Waals surface area contributed by atoms with Crippen LogP contribution in [0.3, 0.4) is 0 Å². The quantitative estimate of drug-likeness (QED) is 0.334. The number of nitrogens with one attached hydrogen (secondary N) is 2. The Labute approximate surface area is 189 Å². The van der Waals surface area contributed by atoms with Crippen LogP contribution in [0.25, 0.3) is 0 Å². The fraction of sp³-hybridized carbons (Fsp3) is 0.0417. The summed E-state index contributed by atoms with van der Waals surface area (Å²) >= 11 is 6.00. The van der Waals surface area contributed by atoms with Gasteiger partial charge < -0.3 is 10.1 Å². The molecule has 32 heavy (non-hydrogen) atoms. The maximum Gasteiger partial charge on any atom is 0.172 e. The van der Waals surface area contributed by atoms with E-state index in [0.29, 0.717) is 40.3 Å². The molecule has 0 unspecified atom stereocenters. The van der Waals surface area contributed by atoms with Crippen LogP contribution in [0.5, 0.6) is 5.75 Å². The molecule has 0 fully saturated rings. The van der Waals surface area contributed by atoms with E-state index < -0.39 is 0 Å². The molecule has 158 valence electrons. The molecule has 1 heterocycles. The third-order valence-electron chi connectivity index (χ3n) is 4.49. The van der Waals surface area contributed by atoms with Crippen LogP contribution in [0, 0.1) is 17.1 Å². The molecule has 2 N–H and O–H groups in total. The van der Waals surface area contributed by atoms with Gasteiger partial charge in [-0.15, -0.1) is 0 Å². The van der Waals surface area contributed by atoms with E-state index in [-0.39, 0.29) is 5.82 Å². The highest BCUT2D eigenvalue weighted by atomic mass is 35.5. The first kappa shape index (κ1) is 21.1. The van der Waals surface area contributed by atoms with Crippen molar-refractivity contribution in [2.75, 3.05) is 5.32 Å². The first-order valence-corrected chi connectivity index (χ1v) is 10.0. The summed E-state index contributed by atoms with van der Waals surface area (Å²) in [5.74, 6) is 1.11. The van der Waals surface area contributed by atoms with Crippen molar-refractivity contribution in [2.24, 2.45) is 4.99 Å². The van der Waals surface area contributed by atoms with Crippen molar-refractivity contribution in [1.82, 2.24) is 10.2 Å². The van der Waals surface area contributed by atoms with Crippen LogP contribution in [0.1, 0.15) is 16.7 Å². The molecule has 0 radical (unpaired) electrons. The van der Waals surface area contributed by atoms with Gasteiger partial charge in [0.05, 0.1) is 0 Å². The molecular formula is C24H17ClFN5O. The van der Waals surface area contributed by atoms with Gasteiger partial charge in [0.25, 0.3) is 0 Å². The molecule has 0 aliphatic rings. The second kappa shape index (κ2) is 9.77. The summed E-state index contributed by atoms with van der Waals surface area (Å²) in [5, 5.41) is 20.1. The number of nitriles is 1. The summed E-state index contributed by atoms with van der Waals surface area (Å²) in [6.45, 7) is 0.343. The molecule has 0 bridgehead atoms. The molecule has 3 aromatic carbocycles. The summed E-state index contributed by atoms with van der Waals surface area (Å²) in [6.07, 6.45) is 1.63. The van der Waals surface area contributed by atoms with E-state index in [4.69, 9.17) is 16.3 Å². The summed E-state index contributed by atoms with van der Waals surface area (Å²) in [4.78, 5) is 4.35. The Morgan fingerprint density at radius 3 is 2.62 bits per heavy atom. The lowest BCUT2D eigenvalue weighted by molar-refractivity contribution is 0.306. The minimum Gasteiger partial charge on any atom is -0.489 e. The summed E-state index contributed by atoms with van der Waals surface area (Å²) in [6, 6.07) is 22.7. The topological polar surface area (TPSA) is 86.1 Å². The maximum absolute atomic E-state index is 13.0. The average Bonchev–Trinajstić information content (AvgIpc) is 3.19. The molecule has 0 aliphatic carbocycles. The first-order valence-electron chi connectivity index (χ1n) is 9.63. The van der Waals surface area contributed by atoms with Gasteiger partial charge in [-0.2, -0.15) is 10.4 Å². The highest BCUT2D eigenvalue weighted by Crippen LogP contribution is 2.27. The first-order chi connectivity index (χ1) is 15.6. The van der Waals surface area contributed by atoms with Crippen molar-refractivity contribution < 1.29 is 9.13 Å². The number of nitrogens with zero attached hydrogens (tertiary/aromatic N) is 3. The Balaban J connectivity index is 1.41. The van der Waals surface area contributed by atoms with Gasteiger partial charge in [0, 0.05) is 16.9 Å². The van der Waals surface area contributed by atoms with Crippen LogP contribution in [0.2, 0.25) is 5.02 Å². The smallest absolute Gasteiger partial charge is 0.172 e. The van der Waals surface area contributed by atoms with E-state index in [0.717, 1.165) is 11.1 Å². The summed E-state index contributed by atoms with van der Waals surface area (Å²) in [7, 11) is 0. The van der Waals surface area contributed by atoms with Gasteiger partial charge >= 0.3 is 0 Å². The third kappa shape index (κ3) is 5.31. The number of aliphatic imine (C=N–C) groups is 1. The minimum atomic E-state index is -0.276. The van der Waals surface area contributed by atoms with Gasteiger partial charge in [0.2, 0.25) is 0 Å². The molecule has 8 heteroatoms. The summed E-state index contributed by atoms with van der Waals surface area (Å²) in [5.41, 5.74) is 2.71. The zero-order chi connectivity index (χ0) is 22.3. The molecule has 0 amide bonds. The van der Waals surface area contributed by atoms with E-state index in [9.17, 15) is 9.65 Å². The van der Waals surface area contributed by atoms with Crippen LogP contribution in [-0.2, 0) is 6.61 Å². The zero-order valence-corrected chi connectivity index (χ0v) is 17.5. The van der Waals surface area contributed by atoms with E-state index in [2.05, 4.69) is 26.6 Å². The normalized spacial score (nSPS) is 10.8. The molecule has 1 aromatic heterocycles. The Hall–Kier alpha value is -4.15. The third-order valence-corrected chi connectivity index (χ3v) is 4.72. The number of anilines is 2. The van der Waals surface area contributed by atoms with Crippen molar-refractivity contribution in [3.63, 3.8) is 0 Å². The molecule has 6 nitrogen and oxygen atoms in total. The molecule has 0 saturated carbocycles. The number of H-pyrrole nitrogens is 1. The van der Waals surface area contributed by atoms with Crippen molar-refractivity contribution in [2.45, 2.75) is 6.61 Å². The van der Waals surface area contributed by atoms with Crippen LogP contribution in [-0.4, -0.2) is 16.4 Å². The average molecular weight is 446 g/mol. The second-order valence-corrected chi connectivity index (χ2v) is 7.22. The SMILES string of the molecule is N#Cc1c(Nc2cccc(Cl)c2)n[nH]c1/N=C/c1ccc(OCc2ccc(F)cc2)cc1. The molecule has 0 saturated heterocycles. The van der Waals surface area contributed by atoms with Gasteiger partial charge in [0.15, 0.2) is 11.6 Å². The molecule has 0 atom stereocenters. The standard InChI is InChI=1S/C24H17ClFN5O/c25-18-2-1-3-20(12-18)29-24-22(13-27)23(30-31-24)28-14-16-6-10-21(11-7-16)32-15-17-4-8-19(26)9-5-17/h1-12,14H,15H2,(H2,29,30,31)/b28-14+. The van der Waals surface area contributed by atoms with Crippen LogP contribution in [0.15, 0.2) is 77.8 Å². The Morgan fingerprint density at radius 2 is 1.91 bits per heavy atom. The molecular weight excluding hydrogens is 429 g/mol. The molecule has 0 spiro atoms. The predicted octanol–water partition coefficient (Wildman–Crippen LogP) is 6.15. The van der Waals surface area contributed by atoms with Gasteiger partial charge in [-0.3, -0.25) is 5.10 Å². The number of hydrogen-bond donors (Lipinski definition) is 2. The van der Waals surface area contributed by atoms with Gasteiger partial charge in [-0.05, 0) is 65.7 Å². The van der Waals surface area contributed by atoms with Crippen molar-refractivity contribution in [1.29, 1.82) is 5.26 Å². The number of benzene rings is 3. The number of ether oxygens (including phenoxy) is 1. The second-order valence-electron chi connectivity index (χ2n) is 6.79. The number of hydrogen-bond acceptors (Lipinski definition) is 5. The number of halogens is 2. The fourth-order valence-electron chi connectivity index (χ4n) is 2.86. The zero-order valence-electron chi connectivity index (χ0n) is 16.7. The molecule has 0 aliphatic heterocycles. The van der Waals surface area contributed by atoms with Gasteiger partial charge in [0.1, 0.15) is 29.8 Å². The molecule has 4 aromatic rings. The van der Waals surface area contributed by atoms with Crippen LogP contribution in [0.4, 0.5) is 21.7 Å². The monoisotopic (exact) mass is 445 g/mol. The van der Waals surface area contributed by atoms with E-state index in [1.807, 2.05) is 30.3 Å². The lowest BCUT2D eigenvalue weighted by Crippen LogP contribution is -1.95. The number of rotatable bonds is 7. The fourth-order valence-corrected chi connectivity index (χ4v) is 3.05. The highest BCUT2D eigenvalue weighted by molar-refractivity contribution is 6.30. The maximum atomic E-state index is 13.0. The van der Waals surface area contributed by atoms with Gasteiger partial charge in [-0.1, -0.05) is 29.8 Å². The molecule has 4 rings (SSSR count). The predicted molar refractivity (Wildman–Crippen MR) is 122 cm³/mol. The van der Waals surface area contributed by atoms with E-state index in [1.54, 1.807) is 36.5 Å². The van der Waals surface area contributed by atoms with Crippen LogP contribution >= 0.6 is 11.6 Å². The lowest BCUT2D eigenvalue weighted by Gasteiger charge is -2.06. The Kier molecular flexibility index (Phi) is 6.44. The van der Waals surface area contributed by atoms with Crippen molar-refractivity contribution in [3.05, 3.63) is 100 Å². The summed E-state index contributed by atoms with van der Waals surface area (Å²) < 4.78 is 18.7. The van der Waals surface area contributed by atoms with E-state index in [1.165, 1.54) is 12.1 Å². The highest BCUT2D eigenvalue weighted by Gasteiger charge is 2.12. The van der Waals surface area contributed by atoms with E-state index >= 15 is 0 Å². The van der Waals surface area contributed by atoms with Crippen molar-refractivity contribution >= 4 is 35.1 Å².